The third-order valence-electron chi connectivity index (χ3n) is 1.56. The third-order valence-corrected chi connectivity index (χ3v) is 1.80. The van der Waals surface area contributed by atoms with Crippen LogP contribution >= 0.6 is 37.0 Å². The van der Waals surface area contributed by atoms with Crippen molar-refractivity contribution in [1.29, 1.82) is 0 Å². The Balaban J connectivity index is -0.000000720. The molecule has 0 spiro atoms. The van der Waals surface area contributed by atoms with E-state index in [0.29, 0.717) is 5.05 Å². The monoisotopic (exact) mass is 276 g/mol. The molecule has 0 unspecified atom stereocenters. The number of nitrogens with zero attached hydrogens (tertiary/aromatic N) is 1. The summed E-state index contributed by atoms with van der Waals surface area (Å²) >= 11 is 5.02. The minimum absolute atomic E-state index is 0. The Morgan fingerprint density at radius 1 is 1.20 bits per heavy atom. The van der Waals surface area contributed by atoms with Crippen LogP contribution in [0, 0.1) is 0 Å². The average Bonchev–Trinajstić information content (AvgIpc) is 2.02. The summed E-state index contributed by atoms with van der Waals surface area (Å²) in [5, 5.41) is 0.678. The van der Waals surface area contributed by atoms with Gasteiger partial charge < -0.3 is 15.4 Å². The van der Waals surface area contributed by atoms with E-state index in [2.05, 4.69) is 0 Å². The fraction of sp³-hybridized carbons (Fsp3) is 0.889. The van der Waals surface area contributed by atoms with Gasteiger partial charge in [0, 0.05) is 0 Å². The predicted molar refractivity (Wildman–Crippen MR) is 74.5 cm³/mol. The van der Waals surface area contributed by atoms with Gasteiger partial charge in [-0.05, 0) is 52.1 Å². The van der Waals surface area contributed by atoms with Crippen molar-refractivity contribution in [3.05, 3.63) is 0 Å². The second-order valence-corrected chi connectivity index (χ2v) is 3.76. The van der Waals surface area contributed by atoms with Gasteiger partial charge in [0.2, 0.25) is 0 Å². The summed E-state index contributed by atoms with van der Waals surface area (Å²) in [4.78, 5) is 2.00. The van der Waals surface area contributed by atoms with Crippen LogP contribution in [0.1, 0.15) is 19.3 Å². The predicted octanol–water partition coefficient (Wildman–Crippen LogP) is 1.86. The maximum atomic E-state index is 5.36. The third kappa shape index (κ3) is 17.0. The molecule has 0 aliphatic rings. The van der Waals surface area contributed by atoms with Gasteiger partial charge in [-0.2, -0.15) is 0 Å². The summed E-state index contributed by atoms with van der Waals surface area (Å²) in [7, 11) is 3.95. The summed E-state index contributed by atoms with van der Waals surface area (Å²) < 4.78 is 5.35. The van der Waals surface area contributed by atoms with Gasteiger partial charge in [0.15, 0.2) is 5.05 Å². The van der Waals surface area contributed by atoms with Crippen molar-refractivity contribution in [2.24, 2.45) is 5.73 Å². The zero-order valence-electron chi connectivity index (χ0n) is 9.40. The van der Waals surface area contributed by atoms with Crippen molar-refractivity contribution in [3.63, 3.8) is 0 Å². The topological polar surface area (TPSA) is 38.5 Å². The minimum Gasteiger partial charge on any atom is -0.486 e. The Hall–Kier alpha value is 0.390. The number of unbranched alkanes of at least 4 members (excludes halogenated alkanes) is 2. The normalized spacial score (nSPS) is 9.07. The van der Waals surface area contributed by atoms with Crippen LogP contribution in [0.5, 0.6) is 0 Å². The Kier molecular flexibility index (Phi) is 19.9. The highest BCUT2D eigenvalue weighted by molar-refractivity contribution is 7.80. The first-order chi connectivity index (χ1) is 6.16. The highest BCUT2D eigenvalue weighted by Gasteiger charge is 1.98. The summed E-state index contributed by atoms with van der Waals surface area (Å²) in [5.41, 5.74) is 5.36. The van der Waals surface area contributed by atoms with E-state index in [1.807, 2.05) is 19.0 Å². The largest absolute Gasteiger partial charge is 0.486 e. The van der Waals surface area contributed by atoms with Gasteiger partial charge in [0.05, 0.1) is 13.2 Å². The lowest BCUT2D eigenvalue weighted by Gasteiger charge is -2.11. The highest BCUT2D eigenvalue weighted by Crippen LogP contribution is 1.95. The molecule has 0 amide bonds. The number of hydrogen-bond donors (Lipinski definition) is 1. The molecule has 0 saturated carbocycles. The smallest absolute Gasteiger partial charge is 0.173 e. The van der Waals surface area contributed by atoms with Crippen LogP contribution in [0.4, 0.5) is 0 Å². The Morgan fingerprint density at radius 3 is 2.27 bits per heavy atom. The van der Waals surface area contributed by atoms with Crippen LogP contribution in [0.2, 0.25) is 0 Å². The van der Waals surface area contributed by atoms with Crippen molar-refractivity contribution in [3.8, 4) is 0 Å². The summed E-state index contributed by atoms with van der Waals surface area (Å²) in [5.74, 6) is 0. The summed E-state index contributed by atoms with van der Waals surface area (Å²) in [6.07, 6.45) is 3.25. The number of thiocarbonyl (C=S) groups is 1. The molecule has 15 heavy (non-hydrogen) atoms. The van der Waals surface area contributed by atoms with E-state index in [0.717, 1.165) is 39.0 Å². The van der Waals surface area contributed by atoms with E-state index in [4.69, 9.17) is 22.7 Å². The molecule has 0 radical (unpaired) electrons. The Morgan fingerprint density at radius 2 is 1.80 bits per heavy atom. The van der Waals surface area contributed by atoms with Crippen LogP contribution in [0.15, 0.2) is 0 Å². The van der Waals surface area contributed by atoms with Crippen molar-refractivity contribution < 1.29 is 4.74 Å². The molecule has 0 aromatic carbocycles. The molecular formula is C9H22Cl2N2OS. The van der Waals surface area contributed by atoms with Gasteiger partial charge in [0.1, 0.15) is 0 Å². The van der Waals surface area contributed by atoms with Gasteiger partial charge >= 0.3 is 0 Å². The average molecular weight is 277 g/mol. The van der Waals surface area contributed by atoms with Crippen LogP contribution in [0.25, 0.3) is 0 Å². The Labute approximate surface area is 111 Å². The number of halogens is 2. The second-order valence-electron chi connectivity index (χ2n) is 3.31. The lowest BCUT2D eigenvalue weighted by atomic mass is 10.2. The van der Waals surface area contributed by atoms with Crippen LogP contribution in [-0.4, -0.2) is 43.7 Å². The van der Waals surface area contributed by atoms with Gasteiger partial charge in [-0.1, -0.05) is 0 Å². The van der Waals surface area contributed by atoms with Crippen LogP contribution in [0.3, 0.4) is 0 Å². The molecule has 0 atom stereocenters. The quantitative estimate of drug-likeness (QED) is 0.569. The summed E-state index contributed by atoms with van der Waals surface area (Å²) in [6.45, 7) is 2.22. The molecule has 0 bridgehead atoms. The fourth-order valence-corrected chi connectivity index (χ4v) is 1.25. The molecular weight excluding hydrogens is 255 g/mol. The molecule has 0 aromatic rings. The SMILES string of the molecule is CN(C)CC(=S)OCCCCCN.Cl.Cl. The van der Waals surface area contributed by atoms with Crippen molar-refractivity contribution in [2.45, 2.75) is 19.3 Å². The molecule has 0 aromatic heterocycles. The Bertz CT molecular complexity index is 148. The van der Waals surface area contributed by atoms with Gasteiger partial charge in [-0.25, -0.2) is 0 Å². The number of ether oxygens (including phenoxy) is 1. The lowest BCUT2D eigenvalue weighted by molar-refractivity contribution is 0.281. The second kappa shape index (κ2) is 14.4. The lowest BCUT2D eigenvalue weighted by Crippen LogP contribution is -2.22. The first kappa shape index (κ1) is 20.8. The number of nitrogens with two attached hydrogens (primary N) is 1. The van der Waals surface area contributed by atoms with Gasteiger partial charge in [-0.3, -0.25) is 0 Å². The van der Waals surface area contributed by atoms with E-state index in [1.165, 1.54) is 0 Å². The standard InChI is InChI=1S/C9H20N2OS.2ClH/c1-11(2)8-9(13)12-7-5-3-4-6-10;;/h3-8,10H2,1-2H3;2*1H. The van der Waals surface area contributed by atoms with E-state index >= 15 is 0 Å². The van der Waals surface area contributed by atoms with E-state index in [9.17, 15) is 0 Å². The molecule has 0 saturated heterocycles. The first-order valence-corrected chi connectivity index (χ1v) is 5.08. The molecule has 6 heteroatoms. The molecule has 0 rings (SSSR count). The van der Waals surface area contributed by atoms with Crippen molar-refractivity contribution in [1.82, 2.24) is 4.90 Å². The zero-order chi connectivity index (χ0) is 10.1. The number of hydrogen-bond acceptors (Lipinski definition) is 4. The van der Waals surface area contributed by atoms with Crippen molar-refractivity contribution >= 4 is 42.1 Å². The van der Waals surface area contributed by atoms with Crippen molar-refractivity contribution in [2.75, 3.05) is 33.8 Å². The molecule has 0 aliphatic heterocycles. The molecule has 3 nitrogen and oxygen atoms in total. The van der Waals surface area contributed by atoms with E-state index in [-0.39, 0.29) is 24.8 Å². The highest BCUT2D eigenvalue weighted by atomic mass is 35.5. The van der Waals surface area contributed by atoms with E-state index in [1.54, 1.807) is 0 Å². The van der Waals surface area contributed by atoms with E-state index < -0.39 is 0 Å². The number of rotatable bonds is 7. The molecule has 94 valence electrons. The zero-order valence-corrected chi connectivity index (χ0v) is 11.8. The molecule has 2 N–H and O–H groups in total. The van der Waals surface area contributed by atoms with Crippen LogP contribution in [-0.2, 0) is 4.74 Å². The fourth-order valence-electron chi connectivity index (χ4n) is 0.913. The maximum Gasteiger partial charge on any atom is 0.173 e. The molecule has 0 heterocycles. The van der Waals surface area contributed by atoms with Gasteiger partial charge in [-0.15, -0.1) is 24.8 Å². The molecule has 0 aliphatic carbocycles. The minimum atomic E-state index is 0. The van der Waals surface area contributed by atoms with Crippen LogP contribution < -0.4 is 5.73 Å². The van der Waals surface area contributed by atoms with Gasteiger partial charge in [0.25, 0.3) is 0 Å². The number of likely N-dealkylation sites (N-methyl/N-ethyl adjacent to an activating group) is 1. The first-order valence-electron chi connectivity index (χ1n) is 4.67. The summed E-state index contributed by atoms with van der Waals surface area (Å²) in [6, 6.07) is 0. The maximum absolute atomic E-state index is 5.36. The molecule has 0 fully saturated rings.